The Bertz CT molecular complexity index is 1860. The first-order valence-corrected chi connectivity index (χ1v) is 17.1. The molecule has 6 rings (SSSR count). The van der Waals surface area contributed by atoms with Crippen LogP contribution in [0.5, 0.6) is 0 Å². The van der Waals surface area contributed by atoms with Crippen molar-refractivity contribution in [1.82, 2.24) is 9.97 Å². The van der Waals surface area contributed by atoms with E-state index >= 15 is 0 Å². The second kappa shape index (κ2) is 11.8. The topological polar surface area (TPSA) is 25.8 Å². The lowest BCUT2D eigenvalue weighted by Gasteiger charge is -2.25. The summed E-state index contributed by atoms with van der Waals surface area (Å²) < 4.78 is 0. The molecule has 0 spiro atoms. The van der Waals surface area contributed by atoms with Crippen LogP contribution in [0.3, 0.4) is 0 Å². The van der Waals surface area contributed by atoms with Gasteiger partial charge in [-0.05, 0) is 48.9 Å². The third kappa shape index (κ3) is 5.47. The molecule has 0 saturated heterocycles. The number of nitrogens with zero attached hydrogens (tertiary/aromatic N) is 2. The number of benzene rings is 3. The number of aromatic nitrogens is 2. The summed E-state index contributed by atoms with van der Waals surface area (Å²) in [4.78, 5) is 16.4. The summed E-state index contributed by atoms with van der Waals surface area (Å²) in [5.74, 6) is 0. The summed E-state index contributed by atoms with van der Waals surface area (Å²) in [6, 6.07) is 34.7. The first-order valence-electron chi connectivity index (χ1n) is 15.4. The Morgan fingerprint density at radius 2 is 0.953 bits per heavy atom. The van der Waals surface area contributed by atoms with Gasteiger partial charge in [-0.3, -0.25) is 0 Å². The molecule has 6 aromatic rings. The van der Waals surface area contributed by atoms with Gasteiger partial charge in [-0.15, -0.1) is 22.7 Å². The molecule has 3 aromatic carbocycles. The highest BCUT2D eigenvalue weighted by atomic mass is 32.1. The van der Waals surface area contributed by atoms with Crippen molar-refractivity contribution in [2.45, 2.75) is 71.6 Å². The van der Waals surface area contributed by atoms with E-state index < -0.39 is 0 Å². The Kier molecular flexibility index (Phi) is 8.10. The molecule has 0 fully saturated rings. The number of fused-ring (bicyclic) bond motifs is 1. The molecule has 218 valence electrons. The van der Waals surface area contributed by atoms with Crippen LogP contribution in [0.15, 0.2) is 97.1 Å². The minimum Gasteiger partial charge on any atom is -0.243 e. The zero-order valence-corrected chi connectivity index (χ0v) is 27.7. The molecular weight excluding hydrogens is 561 g/mol. The Labute approximate surface area is 264 Å². The van der Waals surface area contributed by atoms with E-state index in [4.69, 9.17) is 9.97 Å². The number of rotatable bonds is 9. The van der Waals surface area contributed by atoms with Crippen LogP contribution in [0.1, 0.15) is 70.6 Å². The number of hydrogen-bond donors (Lipinski definition) is 0. The molecule has 0 N–H and O–H groups in total. The van der Waals surface area contributed by atoms with Crippen molar-refractivity contribution >= 4 is 33.7 Å². The van der Waals surface area contributed by atoms with Gasteiger partial charge >= 0.3 is 0 Å². The zero-order valence-electron chi connectivity index (χ0n) is 26.1. The van der Waals surface area contributed by atoms with Gasteiger partial charge < -0.3 is 0 Å². The second-order valence-electron chi connectivity index (χ2n) is 12.3. The molecule has 0 aliphatic heterocycles. The van der Waals surface area contributed by atoms with Gasteiger partial charge in [-0.25, -0.2) is 9.97 Å². The third-order valence-corrected chi connectivity index (χ3v) is 12.3. The Morgan fingerprint density at radius 3 is 1.40 bits per heavy atom. The molecule has 0 aliphatic rings. The van der Waals surface area contributed by atoms with Crippen LogP contribution in [0.2, 0.25) is 0 Å². The molecule has 2 nitrogen and oxygen atoms in total. The highest BCUT2D eigenvalue weighted by molar-refractivity contribution is 7.16. The summed E-state index contributed by atoms with van der Waals surface area (Å²) in [5, 5.41) is 0. The fourth-order valence-corrected chi connectivity index (χ4v) is 8.08. The Balaban J connectivity index is 1.65. The maximum atomic E-state index is 5.52. The standard InChI is InChI=1S/C39H40N2S2/c1-7-38(4,5)32-24-22-30(42-32)28-20-21-29(31-23-25-33(43-31)39(6,8-2)9-3)37-36(28)40-34(26-16-12-10-13-17-26)35(41-37)27-18-14-11-15-19-27/h10-25H,7-9H2,1-6H3. The van der Waals surface area contributed by atoms with E-state index in [1.807, 2.05) is 22.7 Å². The van der Waals surface area contributed by atoms with E-state index in [2.05, 4.69) is 139 Å². The van der Waals surface area contributed by atoms with E-state index in [9.17, 15) is 0 Å². The second-order valence-corrected chi connectivity index (χ2v) is 14.5. The number of hydrogen-bond acceptors (Lipinski definition) is 4. The van der Waals surface area contributed by atoms with E-state index in [0.717, 1.165) is 63.9 Å². The van der Waals surface area contributed by atoms with Gasteiger partial charge in [-0.2, -0.15) is 0 Å². The molecule has 3 heterocycles. The van der Waals surface area contributed by atoms with E-state index in [-0.39, 0.29) is 10.8 Å². The highest BCUT2D eigenvalue weighted by Crippen LogP contribution is 2.45. The lowest BCUT2D eigenvalue weighted by atomic mass is 9.83. The van der Waals surface area contributed by atoms with E-state index in [1.54, 1.807) is 0 Å². The van der Waals surface area contributed by atoms with Crippen LogP contribution in [0.4, 0.5) is 0 Å². The Morgan fingerprint density at radius 1 is 0.512 bits per heavy atom. The van der Waals surface area contributed by atoms with E-state index in [1.165, 1.54) is 19.5 Å². The van der Waals surface area contributed by atoms with Crippen LogP contribution in [-0.4, -0.2) is 9.97 Å². The third-order valence-electron chi connectivity index (χ3n) is 9.37. The van der Waals surface area contributed by atoms with Crippen molar-refractivity contribution in [3.05, 3.63) is 107 Å². The predicted octanol–water partition coefficient (Wildman–Crippen LogP) is 12.2. The van der Waals surface area contributed by atoms with Gasteiger partial charge in [0.2, 0.25) is 0 Å². The van der Waals surface area contributed by atoms with Crippen LogP contribution < -0.4 is 0 Å². The molecule has 0 amide bonds. The lowest BCUT2D eigenvalue weighted by Crippen LogP contribution is -2.17. The minimum absolute atomic E-state index is 0.137. The summed E-state index contributed by atoms with van der Waals surface area (Å²) in [6.07, 6.45) is 3.34. The van der Waals surface area contributed by atoms with Crippen molar-refractivity contribution in [2.75, 3.05) is 0 Å². The van der Waals surface area contributed by atoms with Crippen molar-refractivity contribution in [1.29, 1.82) is 0 Å². The normalized spacial score (nSPS) is 12.2. The van der Waals surface area contributed by atoms with Gasteiger partial charge in [0.15, 0.2) is 0 Å². The van der Waals surface area contributed by atoms with Crippen LogP contribution >= 0.6 is 22.7 Å². The van der Waals surface area contributed by atoms with Gasteiger partial charge in [0.05, 0.1) is 22.4 Å². The molecule has 0 radical (unpaired) electrons. The average molecular weight is 601 g/mol. The van der Waals surface area contributed by atoms with E-state index in [0.29, 0.717) is 0 Å². The molecular formula is C39H40N2S2. The number of thiophene rings is 2. The van der Waals surface area contributed by atoms with Crippen molar-refractivity contribution in [3.8, 4) is 43.4 Å². The summed E-state index contributed by atoms with van der Waals surface area (Å²) in [5.41, 5.74) is 8.52. The summed E-state index contributed by atoms with van der Waals surface area (Å²) in [7, 11) is 0. The molecule has 0 aliphatic carbocycles. The van der Waals surface area contributed by atoms with Crippen LogP contribution in [0.25, 0.3) is 54.4 Å². The Hall–Kier alpha value is -3.60. The molecule has 4 heteroatoms. The van der Waals surface area contributed by atoms with Gasteiger partial charge in [0, 0.05) is 47.2 Å². The fraction of sp³-hybridized carbons (Fsp3) is 0.282. The van der Waals surface area contributed by atoms with Crippen molar-refractivity contribution < 1.29 is 0 Å². The quantitative estimate of drug-likeness (QED) is 0.165. The zero-order chi connectivity index (χ0) is 30.2. The molecule has 3 aromatic heterocycles. The predicted molar refractivity (Wildman–Crippen MR) is 188 cm³/mol. The van der Waals surface area contributed by atoms with Crippen molar-refractivity contribution in [2.24, 2.45) is 0 Å². The fourth-order valence-electron chi connectivity index (χ4n) is 5.55. The first-order chi connectivity index (χ1) is 20.8. The maximum absolute atomic E-state index is 5.52. The largest absolute Gasteiger partial charge is 0.243 e. The maximum Gasteiger partial charge on any atom is 0.0988 e. The molecule has 0 unspecified atom stereocenters. The summed E-state index contributed by atoms with van der Waals surface area (Å²) in [6.45, 7) is 13.9. The molecule has 0 atom stereocenters. The van der Waals surface area contributed by atoms with Crippen molar-refractivity contribution in [3.63, 3.8) is 0 Å². The monoisotopic (exact) mass is 600 g/mol. The highest BCUT2D eigenvalue weighted by Gasteiger charge is 2.26. The average Bonchev–Trinajstić information content (AvgIpc) is 3.76. The molecule has 0 saturated carbocycles. The smallest absolute Gasteiger partial charge is 0.0988 e. The van der Waals surface area contributed by atoms with Gasteiger partial charge in [-0.1, -0.05) is 114 Å². The van der Waals surface area contributed by atoms with Crippen LogP contribution in [-0.2, 0) is 10.8 Å². The van der Waals surface area contributed by atoms with Gasteiger partial charge in [0.1, 0.15) is 0 Å². The van der Waals surface area contributed by atoms with Gasteiger partial charge in [0.25, 0.3) is 0 Å². The first kappa shape index (κ1) is 29.5. The SMILES string of the molecule is CCC(C)(C)c1ccc(-c2ccc(-c3ccc(C(C)(CC)CC)s3)c3nc(-c4ccccc4)c(-c4ccccc4)nc23)s1. The lowest BCUT2D eigenvalue weighted by molar-refractivity contribution is 0.448. The molecule has 43 heavy (non-hydrogen) atoms. The van der Waals surface area contributed by atoms with Crippen LogP contribution in [0, 0.1) is 0 Å². The summed E-state index contributed by atoms with van der Waals surface area (Å²) >= 11 is 3.79. The molecule has 0 bridgehead atoms. The minimum atomic E-state index is 0.137.